The number of carboxylic acid groups (broad SMARTS) is 1. The topological polar surface area (TPSA) is 53.1 Å². The van der Waals surface area contributed by atoms with Crippen LogP contribution in [0, 0.1) is 23.2 Å². The van der Waals surface area contributed by atoms with Gasteiger partial charge in [-0.15, -0.1) is 0 Å². The van der Waals surface area contributed by atoms with Crippen LogP contribution in [-0.2, 0) is 4.79 Å². The van der Waals surface area contributed by atoms with Crippen molar-refractivity contribution in [2.75, 3.05) is 0 Å². The molecule has 5 rings (SSSR count). The third-order valence-electron chi connectivity index (χ3n) is 5.79. The lowest BCUT2D eigenvalue weighted by Crippen LogP contribution is -2.46. The van der Waals surface area contributed by atoms with Gasteiger partial charge in [-0.1, -0.05) is 0 Å². The van der Waals surface area contributed by atoms with Gasteiger partial charge in [-0.3, -0.25) is 0 Å². The van der Waals surface area contributed by atoms with Crippen LogP contribution in [-0.4, -0.2) is 16.1 Å². The molecule has 106 valence electrons. The number of hydrogen-bond donors (Lipinski definition) is 2. The second-order valence-electron chi connectivity index (χ2n) is 7.19. The summed E-state index contributed by atoms with van der Waals surface area (Å²) in [4.78, 5) is 14.4. The van der Waals surface area contributed by atoms with Gasteiger partial charge in [0.15, 0.2) is 0 Å². The van der Waals surface area contributed by atoms with Crippen LogP contribution in [0.15, 0.2) is 24.5 Å². The minimum Gasteiger partial charge on any atom is -0.478 e. The number of rotatable bonds is 3. The fraction of sp³-hybridized carbons (Fsp3) is 0.588. The SMILES string of the molecule is O=C(O)/C=C(/c1cc[nH]c1)C12CC3CC(CC(C3)C1)C2. The summed E-state index contributed by atoms with van der Waals surface area (Å²) in [7, 11) is 0. The Labute approximate surface area is 119 Å². The smallest absolute Gasteiger partial charge is 0.328 e. The van der Waals surface area contributed by atoms with E-state index in [1.54, 1.807) is 0 Å². The second kappa shape index (κ2) is 4.24. The number of aromatic amines is 1. The number of nitrogens with one attached hydrogen (secondary N) is 1. The summed E-state index contributed by atoms with van der Waals surface area (Å²) in [6.45, 7) is 0. The van der Waals surface area contributed by atoms with Crippen LogP contribution in [0.25, 0.3) is 5.57 Å². The molecule has 1 aromatic rings. The molecule has 0 aliphatic heterocycles. The number of carbonyl (C=O) groups is 1. The number of H-pyrrole nitrogens is 1. The Balaban J connectivity index is 1.78. The van der Waals surface area contributed by atoms with Crippen molar-refractivity contribution >= 4 is 11.5 Å². The molecule has 0 spiro atoms. The van der Waals surface area contributed by atoms with Crippen molar-refractivity contribution in [3.63, 3.8) is 0 Å². The van der Waals surface area contributed by atoms with Crippen LogP contribution >= 0.6 is 0 Å². The first kappa shape index (κ1) is 12.2. The fourth-order valence-corrected chi connectivity index (χ4v) is 5.60. The van der Waals surface area contributed by atoms with Crippen LogP contribution in [0.4, 0.5) is 0 Å². The van der Waals surface area contributed by atoms with Crippen LogP contribution in [0.5, 0.6) is 0 Å². The highest BCUT2D eigenvalue weighted by molar-refractivity contribution is 5.91. The number of hydrogen-bond acceptors (Lipinski definition) is 1. The van der Waals surface area contributed by atoms with Gasteiger partial charge in [0.25, 0.3) is 0 Å². The van der Waals surface area contributed by atoms with Gasteiger partial charge in [-0.2, -0.15) is 0 Å². The molecular weight excluding hydrogens is 250 g/mol. The number of carboxylic acids is 1. The van der Waals surface area contributed by atoms with Crippen molar-refractivity contribution in [3.8, 4) is 0 Å². The average Bonchev–Trinajstić information content (AvgIpc) is 2.87. The quantitative estimate of drug-likeness (QED) is 0.824. The third-order valence-corrected chi connectivity index (χ3v) is 5.79. The van der Waals surface area contributed by atoms with E-state index < -0.39 is 5.97 Å². The minimum atomic E-state index is -0.808. The molecule has 3 nitrogen and oxygen atoms in total. The summed E-state index contributed by atoms with van der Waals surface area (Å²) in [6, 6.07) is 2.02. The van der Waals surface area contributed by atoms with Crippen LogP contribution in [0.3, 0.4) is 0 Å². The van der Waals surface area contributed by atoms with Gasteiger partial charge in [0.1, 0.15) is 0 Å². The van der Waals surface area contributed by atoms with E-state index in [0.717, 1.165) is 28.9 Å². The maximum atomic E-state index is 11.3. The Hall–Kier alpha value is -1.51. The summed E-state index contributed by atoms with van der Waals surface area (Å²) in [5.74, 6) is 1.68. The normalized spacial score (nSPS) is 39.2. The Morgan fingerprint density at radius 2 is 1.80 bits per heavy atom. The molecule has 20 heavy (non-hydrogen) atoms. The van der Waals surface area contributed by atoms with E-state index in [0.29, 0.717) is 0 Å². The summed E-state index contributed by atoms with van der Waals surface area (Å²) in [6.07, 6.45) is 13.1. The summed E-state index contributed by atoms with van der Waals surface area (Å²) in [5, 5.41) is 9.30. The summed E-state index contributed by atoms with van der Waals surface area (Å²) < 4.78 is 0. The maximum Gasteiger partial charge on any atom is 0.328 e. The highest BCUT2D eigenvalue weighted by Gasteiger charge is 2.52. The Bertz CT molecular complexity index is 520. The highest BCUT2D eigenvalue weighted by atomic mass is 16.4. The molecule has 0 aromatic carbocycles. The number of allylic oxidation sites excluding steroid dienone is 1. The molecule has 0 atom stereocenters. The second-order valence-corrected chi connectivity index (χ2v) is 7.19. The summed E-state index contributed by atoms with van der Waals surface area (Å²) in [5.41, 5.74) is 2.29. The highest BCUT2D eigenvalue weighted by Crippen LogP contribution is 2.64. The number of aromatic nitrogens is 1. The largest absolute Gasteiger partial charge is 0.478 e. The molecule has 4 fully saturated rings. The Morgan fingerprint density at radius 1 is 1.20 bits per heavy atom. The van der Waals surface area contributed by atoms with Crippen LogP contribution in [0.1, 0.15) is 44.1 Å². The monoisotopic (exact) mass is 271 g/mol. The van der Waals surface area contributed by atoms with Crippen LogP contribution in [0.2, 0.25) is 0 Å². The van der Waals surface area contributed by atoms with E-state index in [2.05, 4.69) is 4.98 Å². The van der Waals surface area contributed by atoms with Crippen molar-refractivity contribution in [1.29, 1.82) is 0 Å². The molecule has 0 saturated heterocycles. The van der Waals surface area contributed by atoms with Crippen LogP contribution < -0.4 is 0 Å². The van der Waals surface area contributed by atoms with Gasteiger partial charge < -0.3 is 10.1 Å². The zero-order chi connectivity index (χ0) is 13.7. The zero-order valence-electron chi connectivity index (χ0n) is 11.6. The van der Waals surface area contributed by atoms with Gasteiger partial charge in [0, 0.05) is 18.5 Å². The lowest BCUT2D eigenvalue weighted by atomic mass is 9.47. The first-order valence-electron chi connectivity index (χ1n) is 7.73. The maximum absolute atomic E-state index is 11.3. The van der Waals surface area contributed by atoms with E-state index >= 15 is 0 Å². The Morgan fingerprint density at radius 3 is 2.25 bits per heavy atom. The standard InChI is InChI=1S/C17H21NO2/c19-16(20)6-15(14-1-2-18-10-14)17-7-11-3-12(8-17)5-13(4-11)9-17/h1-2,6,10-13,18H,3-5,7-9H2,(H,19,20)/b15-6-. The first-order valence-corrected chi connectivity index (χ1v) is 7.73. The molecule has 4 saturated carbocycles. The summed E-state index contributed by atoms with van der Waals surface area (Å²) >= 11 is 0. The molecule has 0 unspecified atom stereocenters. The zero-order valence-corrected chi connectivity index (χ0v) is 11.6. The molecule has 0 radical (unpaired) electrons. The van der Waals surface area contributed by atoms with Crippen molar-refractivity contribution in [2.24, 2.45) is 23.2 Å². The lowest BCUT2D eigenvalue weighted by molar-refractivity contribution is -0.131. The molecule has 3 heteroatoms. The van der Waals surface area contributed by atoms with Gasteiger partial charge in [0.05, 0.1) is 0 Å². The minimum absolute atomic E-state index is 0.134. The molecular formula is C17H21NO2. The van der Waals surface area contributed by atoms with Gasteiger partial charge >= 0.3 is 5.97 Å². The van der Waals surface area contributed by atoms with Crippen molar-refractivity contribution in [1.82, 2.24) is 4.98 Å². The van der Waals surface area contributed by atoms with Gasteiger partial charge in [-0.25, -0.2) is 4.79 Å². The van der Waals surface area contributed by atoms with E-state index in [1.807, 2.05) is 18.5 Å². The molecule has 4 aliphatic carbocycles. The van der Waals surface area contributed by atoms with E-state index in [4.69, 9.17) is 0 Å². The molecule has 4 aliphatic rings. The average molecular weight is 271 g/mol. The van der Waals surface area contributed by atoms with Crippen molar-refractivity contribution < 1.29 is 9.90 Å². The molecule has 2 N–H and O–H groups in total. The lowest BCUT2D eigenvalue weighted by Gasteiger charge is -2.57. The molecule has 0 amide bonds. The predicted molar refractivity (Wildman–Crippen MR) is 77.0 cm³/mol. The molecule has 1 aromatic heterocycles. The molecule has 4 bridgehead atoms. The van der Waals surface area contributed by atoms with Gasteiger partial charge in [0.2, 0.25) is 0 Å². The van der Waals surface area contributed by atoms with E-state index in [-0.39, 0.29) is 5.41 Å². The first-order chi connectivity index (χ1) is 9.64. The van der Waals surface area contributed by atoms with E-state index in [9.17, 15) is 9.90 Å². The molecule has 1 heterocycles. The third kappa shape index (κ3) is 1.83. The van der Waals surface area contributed by atoms with Crippen molar-refractivity contribution in [2.45, 2.75) is 38.5 Å². The van der Waals surface area contributed by atoms with Crippen molar-refractivity contribution in [3.05, 3.63) is 30.1 Å². The predicted octanol–water partition coefficient (Wildman–Crippen LogP) is 3.70. The number of aliphatic carboxylic acids is 1. The Kier molecular flexibility index (Phi) is 2.60. The van der Waals surface area contributed by atoms with E-state index in [1.165, 1.54) is 44.6 Å². The fourth-order valence-electron chi connectivity index (χ4n) is 5.60. The van der Waals surface area contributed by atoms with Gasteiger partial charge in [-0.05, 0) is 78.9 Å².